The third-order valence-corrected chi connectivity index (χ3v) is 19.9. The van der Waals surface area contributed by atoms with E-state index in [9.17, 15) is 9.90 Å². The molecule has 0 amide bonds. The van der Waals surface area contributed by atoms with E-state index in [2.05, 4.69) is 45.9 Å². The van der Waals surface area contributed by atoms with Crippen molar-refractivity contribution in [2.24, 2.45) is 0 Å². The standard InChI is InChI=1S/C21H46O5Si3/c1-19(2)21(24)12-11-20(23)17-25-14-10-16-28(5,6)26-29(7,8)18-27(3,4)15-9-13-22/h20,22-23H,1,9-18H2,2-8H3. The van der Waals surface area contributed by atoms with Crippen molar-refractivity contribution in [2.75, 3.05) is 19.8 Å². The van der Waals surface area contributed by atoms with Crippen LogP contribution in [0.5, 0.6) is 0 Å². The number of aliphatic hydroxyl groups is 2. The van der Waals surface area contributed by atoms with E-state index in [4.69, 9.17) is 14.0 Å². The number of ketones is 1. The third-order valence-electron chi connectivity index (χ3n) is 5.03. The predicted molar refractivity (Wildman–Crippen MR) is 130 cm³/mol. The van der Waals surface area contributed by atoms with E-state index in [-0.39, 0.29) is 12.4 Å². The molecule has 5 nitrogen and oxygen atoms in total. The maximum Gasteiger partial charge on any atom is 0.173 e. The van der Waals surface area contributed by atoms with Crippen LogP contribution in [0.1, 0.15) is 32.6 Å². The average Bonchev–Trinajstić information content (AvgIpc) is 2.55. The quantitative estimate of drug-likeness (QED) is 0.185. The number of rotatable bonds is 17. The van der Waals surface area contributed by atoms with Crippen molar-refractivity contribution >= 4 is 30.5 Å². The molecule has 0 aliphatic heterocycles. The molecule has 0 aromatic rings. The van der Waals surface area contributed by atoms with Crippen molar-refractivity contribution in [3.63, 3.8) is 0 Å². The van der Waals surface area contributed by atoms with E-state index in [1.807, 2.05) is 0 Å². The highest BCUT2D eigenvalue weighted by atomic mass is 28.4. The number of hydrogen-bond donors (Lipinski definition) is 2. The maximum absolute atomic E-state index is 11.5. The summed E-state index contributed by atoms with van der Waals surface area (Å²) in [5, 5.41) is 19.1. The second-order valence-electron chi connectivity index (χ2n) is 10.4. The molecule has 0 aromatic carbocycles. The second-order valence-corrected chi connectivity index (χ2v) is 25.0. The summed E-state index contributed by atoms with van der Waals surface area (Å²) in [5.41, 5.74) is 1.78. The van der Waals surface area contributed by atoms with Crippen LogP contribution in [0, 0.1) is 0 Å². The molecule has 0 fully saturated rings. The summed E-state index contributed by atoms with van der Waals surface area (Å²) in [6.07, 6.45) is 2.00. The molecular formula is C21H46O5Si3. The van der Waals surface area contributed by atoms with Crippen LogP contribution >= 0.6 is 0 Å². The highest BCUT2D eigenvalue weighted by Gasteiger charge is 2.37. The van der Waals surface area contributed by atoms with Gasteiger partial charge in [-0.1, -0.05) is 25.7 Å². The Morgan fingerprint density at radius 2 is 1.66 bits per heavy atom. The van der Waals surface area contributed by atoms with Crippen LogP contribution in [0.25, 0.3) is 0 Å². The Hall–Kier alpha value is -0.0994. The van der Waals surface area contributed by atoms with Crippen molar-refractivity contribution in [1.82, 2.24) is 0 Å². The van der Waals surface area contributed by atoms with Gasteiger partial charge in [0.05, 0.1) is 12.7 Å². The Kier molecular flexibility index (Phi) is 13.3. The third kappa shape index (κ3) is 15.4. The van der Waals surface area contributed by atoms with Gasteiger partial charge in [-0.05, 0) is 69.7 Å². The zero-order valence-corrected chi connectivity index (χ0v) is 23.0. The number of allylic oxidation sites excluding steroid dienone is 1. The lowest BCUT2D eigenvalue weighted by atomic mass is 10.1. The lowest BCUT2D eigenvalue weighted by Crippen LogP contribution is -2.49. The van der Waals surface area contributed by atoms with Gasteiger partial charge in [-0.3, -0.25) is 4.79 Å². The van der Waals surface area contributed by atoms with Gasteiger partial charge in [0.15, 0.2) is 22.4 Å². The molecule has 1 atom stereocenters. The minimum atomic E-state index is -1.75. The molecule has 0 bridgehead atoms. The zero-order valence-electron chi connectivity index (χ0n) is 20.0. The Labute approximate surface area is 182 Å². The van der Waals surface area contributed by atoms with E-state index in [1.54, 1.807) is 6.92 Å². The van der Waals surface area contributed by atoms with Gasteiger partial charge in [0.1, 0.15) is 0 Å². The summed E-state index contributed by atoms with van der Waals surface area (Å²) in [5.74, 6) is 0.00308. The first-order valence-electron chi connectivity index (χ1n) is 11.0. The topological polar surface area (TPSA) is 76.0 Å². The molecule has 0 aliphatic rings. The molecule has 0 radical (unpaired) electrons. The first-order chi connectivity index (χ1) is 13.2. The van der Waals surface area contributed by atoms with Crippen LogP contribution in [0.15, 0.2) is 12.2 Å². The molecule has 0 heterocycles. The van der Waals surface area contributed by atoms with Gasteiger partial charge in [-0.25, -0.2) is 0 Å². The summed E-state index contributed by atoms with van der Waals surface area (Å²) in [7, 11) is -4.79. The Morgan fingerprint density at radius 1 is 1.03 bits per heavy atom. The fraction of sp³-hybridized carbons (Fsp3) is 0.857. The number of carbonyl (C=O) groups is 1. The molecule has 0 saturated heterocycles. The zero-order chi connectivity index (χ0) is 22.7. The van der Waals surface area contributed by atoms with Crippen molar-refractivity contribution in [2.45, 2.75) is 95.7 Å². The van der Waals surface area contributed by atoms with Gasteiger partial charge in [0, 0.05) is 27.7 Å². The van der Waals surface area contributed by atoms with E-state index in [1.165, 1.54) is 11.7 Å². The monoisotopic (exact) mass is 462 g/mol. The smallest absolute Gasteiger partial charge is 0.173 e. The van der Waals surface area contributed by atoms with Gasteiger partial charge in [0.25, 0.3) is 0 Å². The van der Waals surface area contributed by atoms with Crippen LogP contribution in [-0.4, -0.2) is 66.6 Å². The molecule has 0 aromatic heterocycles. The lowest BCUT2D eigenvalue weighted by molar-refractivity contribution is -0.116. The molecule has 0 rings (SSSR count). The largest absolute Gasteiger partial charge is 0.456 e. The minimum Gasteiger partial charge on any atom is -0.456 e. The Balaban J connectivity index is 4.19. The number of carbonyl (C=O) groups excluding carboxylic acids is 1. The van der Waals surface area contributed by atoms with Gasteiger partial charge >= 0.3 is 0 Å². The first-order valence-corrected chi connectivity index (χ1v) is 20.6. The molecule has 2 N–H and O–H groups in total. The maximum atomic E-state index is 11.5. The molecule has 0 saturated carbocycles. The Morgan fingerprint density at radius 3 is 2.21 bits per heavy atom. The van der Waals surface area contributed by atoms with Crippen molar-refractivity contribution in [1.29, 1.82) is 0 Å². The number of Topliss-reactive ketones (excluding diaryl/α,β-unsaturated/α-hetero) is 1. The summed E-state index contributed by atoms with van der Waals surface area (Å²) >= 11 is 0. The lowest BCUT2D eigenvalue weighted by Gasteiger charge is -2.38. The highest BCUT2D eigenvalue weighted by Crippen LogP contribution is 2.29. The summed E-state index contributed by atoms with van der Waals surface area (Å²) in [6.45, 7) is 20.6. The van der Waals surface area contributed by atoms with E-state index < -0.39 is 30.8 Å². The number of aliphatic hydroxyl groups excluding tert-OH is 2. The Bertz CT molecular complexity index is 507. The van der Waals surface area contributed by atoms with Crippen LogP contribution in [0.3, 0.4) is 0 Å². The van der Waals surface area contributed by atoms with Gasteiger partial charge in [0.2, 0.25) is 0 Å². The molecule has 29 heavy (non-hydrogen) atoms. The number of ether oxygens (including phenoxy) is 1. The van der Waals surface area contributed by atoms with Crippen LogP contribution < -0.4 is 0 Å². The van der Waals surface area contributed by atoms with E-state index >= 15 is 0 Å². The molecule has 8 heteroatoms. The SMILES string of the molecule is C=C(C)C(=O)CCC(O)COCCC[Si](C)(C)O[Si](C)(C)C[Si](C)(C)CCCO. The molecule has 172 valence electrons. The predicted octanol–water partition coefficient (Wildman–Crippen LogP) is 4.74. The average molecular weight is 463 g/mol. The fourth-order valence-electron chi connectivity index (χ4n) is 4.05. The number of hydrogen-bond acceptors (Lipinski definition) is 5. The fourth-order valence-corrected chi connectivity index (χ4v) is 23.4. The second kappa shape index (κ2) is 13.3. The van der Waals surface area contributed by atoms with Crippen LogP contribution in [0.4, 0.5) is 0 Å². The molecule has 0 spiro atoms. The summed E-state index contributed by atoms with van der Waals surface area (Å²) in [4.78, 5) is 11.5. The summed E-state index contributed by atoms with van der Waals surface area (Å²) in [6, 6.07) is 2.21. The van der Waals surface area contributed by atoms with Crippen molar-refractivity contribution in [3.05, 3.63) is 12.2 Å². The van der Waals surface area contributed by atoms with Gasteiger partial charge in [-0.2, -0.15) is 0 Å². The first kappa shape index (κ1) is 28.9. The molecular weight excluding hydrogens is 416 g/mol. The van der Waals surface area contributed by atoms with Gasteiger partial charge < -0.3 is 19.1 Å². The normalized spacial score (nSPS) is 14.1. The van der Waals surface area contributed by atoms with Crippen molar-refractivity contribution < 1.29 is 23.9 Å². The molecule has 0 aliphatic carbocycles. The van der Waals surface area contributed by atoms with E-state index in [0.717, 1.165) is 18.9 Å². The highest BCUT2D eigenvalue weighted by molar-refractivity contribution is 6.96. The van der Waals surface area contributed by atoms with Crippen LogP contribution in [0.2, 0.25) is 57.0 Å². The van der Waals surface area contributed by atoms with Crippen molar-refractivity contribution in [3.8, 4) is 0 Å². The van der Waals surface area contributed by atoms with Gasteiger partial charge in [-0.15, -0.1) is 0 Å². The van der Waals surface area contributed by atoms with E-state index in [0.29, 0.717) is 31.6 Å². The van der Waals surface area contributed by atoms with Crippen LogP contribution in [-0.2, 0) is 13.6 Å². The minimum absolute atomic E-state index is 0.00308. The summed E-state index contributed by atoms with van der Waals surface area (Å²) < 4.78 is 12.4. The molecule has 1 unspecified atom stereocenters.